The number of Topliss-reactive ketones (excluding diaryl/α,β-unsaturated/α-hetero) is 2. The van der Waals surface area contributed by atoms with E-state index < -0.39 is 46.6 Å². The molecule has 0 bridgehead atoms. The molecule has 8 heteroatoms. The number of carbonyl (C=O) groups is 5. The van der Waals surface area contributed by atoms with Gasteiger partial charge in [0, 0.05) is 18.9 Å². The molecule has 3 unspecified atom stereocenters. The average molecular weight is 587 g/mol. The second-order valence-electron chi connectivity index (χ2n) is 16.1. The summed E-state index contributed by atoms with van der Waals surface area (Å²) in [7, 11) is 0. The number of esters is 1. The molecule has 0 aromatic carbocycles. The minimum Gasteiger partial charge on any atom is -0.460 e. The molecule has 4 rings (SSSR count). The number of rotatable bonds is 11. The first kappa shape index (κ1) is 32.7. The third kappa shape index (κ3) is 7.63. The number of nitrogens with two attached hydrogens (primary N) is 1. The van der Waals surface area contributed by atoms with E-state index in [-0.39, 0.29) is 29.9 Å². The molecule has 2 amide bonds. The van der Waals surface area contributed by atoms with Crippen LogP contribution in [-0.4, -0.2) is 52.4 Å². The van der Waals surface area contributed by atoms with Crippen LogP contribution in [0.25, 0.3) is 0 Å². The largest absolute Gasteiger partial charge is 0.460 e. The lowest BCUT2D eigenvalue weighted by atomic mass is 9.75. The van der Waals surface area contributed by atoms with E-state index in [9.17, 15) is 24.0 Å². The topological polar surface area (TPSA) is 124 Å². The molecule has 236 valence electrons. The van der Waals surface area contributed by atoms with Crippen LogP contribution >= 0.6 is 0 Å². The Hall–Kier alpha value is -2.25. The Morgan fingerprint density at radius 1 is 0.881 bits per heavy atom. The van der Waals surface area contributed by atoms with Gasteiger partial charge in [-0.1, -0.05) is 72.1 Å². The maximum absolute atomic E-state index is 14.4. The summed E-state index contributed by atoms with van der Waals surface area (Å²) in [5.74, 6) is -2.35. The maximum Gasteiger partial charge on any atom is 0.307 e. The number of hydrogen-bond donors (Lipinski definition) is 1. The molecule has 4 aliphatic rings. The van der Waals surface area contributed by atoms with Gasteiger partial charge in [0.15, 0.2) is 5.78 Å². The van der Waals surface area contributed by atoms with Crippen molar-refractivity contribution in [1.29, 1.82) is 0 Å². The van der Waals surface area contributed by atoms with Crippen molar-refractivity contribution >= 4 is 29.4 Å². The van der Waals surface area contributed by atoms with E-state index in [0.29, 0.717) is 37.1 Å². The lowest BCUT2D eigenvalue weighted by Crippen LogP contribution is -2.48. The van der Waals surface area contributed by atoms with Gasteiger partial charge in [-0.25, -0.2) is 0 Å². The molecule has 1 heterocycles. The van der Waals surface area contributed by atoms with Crippen LogP contribution in [-0.2, 0) is 28.7 Å². The number of nitrogens with zero attached hydrogens (tertiary/aromatic N) is 1. The summed E-state index contributed by atoms with van der Waals surface area (Å²) >= 11 is 0. The summed E-state index contributed by atoms with van der Waals surface area (Å²) in [6, 6.07) is -0.654. The fraction of sp³-hybridized carbons (Fsp3) is 0.853. The highest BCUT2D eigenvalue weighted by Crippen LogP contribution is 2.65. The third-order valence-corrected chi connectivity index (χ3v) is 10.6. The number of ketones is 2. The molecule has 2 N–H and O–H groups in total. The van der Waals surface area contributed by atoms with Gasteiger partial charge in [-0.3, -0.25) is 24.0 Å². The van der Waals surface area contributed by atoms with Gasteiger partial charge in [0.1, 0.15) is 5.60 Å². The van der Waals surface area contributed by atoms with Crippen LogP contribution in [0.2, 0.25) is 0 Å². The summed E-state index contributed by atoms with van der Waals surface area (Å²) in [5.41, 5.74) is 4.13. The van der Waals surface area contributed by atoms with Gasteiger partial charge in [-0.05, 0) is 68.6 Å². The standard InChI is InChI=1S/C34H54N2O6/c1-32(2,3)24(17-28(38)42-33(4,5)6)31(41)36-20-34(18-25(34)22-13-8-7-9-14-22)19-26(36)27(37)16-23(29(39)30(35)40)15-21-11-10-12-21/h21-26H,7-20H2,1-6H3,(H2,35,40)/t23?,24-,25?,26?,34+/m1/s1. The fourth-order valence-electron chi connectivity index (χ4n) is 8.04. The minimum atomic E-state index is -0.993. The van der Waals surface area contributed by atoms with Crippen molar-refractivity contribution < 1.29 is 28.7 Å². The summed E-state index contributed by atoms with van der Waals surface area (Å²) < 4.78 is 5.60. The van der Waals surface area contributed by atoms with Crippen LogP contribution in [0.1, 0.15) is 125 Å². The van der Waals surface area contributed by atoms with Gasteiger partial charge in [-0.15, -0.1) is 0 Å². The average Bonchev–Trinajstić information content (AvgIpc) is 3.42. The number of primary amides is 1. The Balaban J connectivity index is 1.58. The molecule has 5 atom stereocenters. The third-order valence-electron chi connectivity index (χ3n) is 10.6. The van der Waals surface area contributed by atoms with Crippen molar-refractivity contribution in [3.05, 3.63) is 0 Å². The normalized spacial score (nSPS) is 28.2. The highest BCUT2D eigenvalue weighted by Gasteiger charge is 2.64. The number of amides is 2. The molecule has 0 aromatic rings. The van der Waals surface area contributed by atoms with E-state index in [1.807, 2.05) is 41.5 Å². The van der Waals surface area contributed by atoms with E-state index in [4.69, 9.17) is 10.5 Å². The predicted octanol–water partition coefficient (Wildman–Crippen LogP) is 5.39. The van der Waals surface area contributed by atoms with Gasteiger partial charge in [-0.2, -0.15) is 0 Å². The van der Waals surface area contributed by atoms with Crippen LogP contribution in [0.15, 0.2) is 0 Å². The number of ether oxygens (including phenoxy) is 1. The molecule has 3 aliphatic carbocycles. The summed E-state index contributed by atoms with van der Waals surface area (Å²) in [6.07, 6.45) is 11.2. The van der Waals surface area contributed by atoms with E-state index >= 15 is 0 Å². The maximum atomic E-state index is 14.4. The Bertz CT molecular complexity index is 1060. The Kier molecular flexibility index (Phi) is 9.64. The molecule has 4 fully saturated rings. The van der Waals surface area contributed by atoms with Gasteiger partial charge in [0.05, 0.1) is 18.4 Å². The Morgan fingerprint density at radius 3 is 2.05 bits per heavy atom. The van der Waals surface area contributed by atoms with Gasteiger partial charge in [0.2, 0.25) is 11.7 Å². The second kappa shape index (κ2) is 12.4. The quantitative estimate of drug-likeness (QED) is 0.256. The monoisotopic (exact) mass is 586 g/mol. The molecular weight excluding hydrogens is 532 g/mol. The summed E-state index contributed by atoms with van der Waals surface area (Å²) in [4.78, 5) is 67.8. The Labute approximate surface area is 252 Å². The fourth-order valence-corrected chi connectivity index (χ4v) is 8.04. The molecule has 1 aliphatic heterocycles. The molecule has 8 nitrogen and oxygen atoms in total. The Morgan fingerprint density at radius 2 is 1.52 bits per heavy atom. The molecule has 3 saturated carbocycles. The molecule has 0 aromatic heterocycles. The second-order valence-corrected chi connectivity index (χ2v) is 16.1. The van der Waals surface area contributed by atoms with Crippen molar-refractivity contribution in [2.45, 2.75) is 137 Å². The van der Waals surface area contributed by atoms with Gasteiger partial charge in [0.25, 0.3) is 5.91 Å². The molecule has 1 spiro atoms. The van der Waals surface area contributed by atoms with Gasteiger partial charge >= 0.3 is 5.97 Å². The van der Waals surface area contributed by atoms with Crippen LogP contribution in [0.3, 0.4) is 0 Å². The van der Waals surface area contributed by atoms with Crippen molar-refractivity contribution in [3.8, 4) is 0 Å². The highest BCUT2D eigenvalue weighted by atomic mass is 16.6. The predicted molar refractivity (Wildman–Crippen MR) is 160 cm³/mol. The summed E-state index contributed by atoms with van der Waals surface area (Å²) in [6.45, 7) is 11.8. The van der Waals surface area contributed by atoms with E-state index in [2.05, 4.69) is 0 Å². The first-order chi connectivity index (χ1) is 19.5. The van der Waals surface area contributed by atoms with Crippen molar-refractivity contribution in [1.82, 2.24) is 4.90 Å². The minimum absolute atomic E-state index is 0.0550. The van der Waals surface area contributed by atoms with Crippen molar-refractivity contribution in [3.63, 3.8) is 0 Å². The smallest absolute Gasteiger partial charge is 0.307 e. The SMILES string of the molecule is CC(C)(C)OC(=O)C[C@H](C(=O)N1C[C@@]2(CC1C(=O)CC(CC1CCC1)C(=O)C(N)=O)CC2C1CCCCC1)C(C)(C)C. The van der Waals surface area contributed by atoms with Crippen LogP contribution in [0.5, 0.6) is 0 Å². The molecular formula is C34H54N2O6. The number of likely N-dealkylation sites (tertiary alicyclic amines) is 1. The molecule has 0 radical (unpaired) electrons. The first-order valence-corrected chi connectivity index (χ1v) is 16.4. The van der Waals surface area contributed by atoms with Gasteiger partial charge < -0.3 is 15.4 Å². The number of carbonyl (C=O) groups excluding carboxylic acids is 5. The first-order valence-electron chi connectivity index (χ1n) is 16.4. The van der Waals surface area contributed by atoms with E-state index in [0.717, 1.165) is 25.7 Å². The zero-order valence-electron chi connectivity index (χ0n) is 26.8. The van der Waals surface area contributed by atoms with E-state index in [1.54, 1.807) is 4.90 Å². The zero-order chi connectivity index (χ0) is 31.0. The number of hydrogen-bond acceptors (Lipinski definition) is 6. The van der Waals surface area contributed by atoms with Crippen molar-refractivity contribution in [2.24, 2.45) is 46.2 Å². The summed E-state index contributed by atoms with van der Waals surface area (Å²) in [5, 5.41) is 0. The molecule has 42 heavy (non-hydrogen) atoms. The van der Waals surface area contributed by atoms with E-state index in [1.165, 1.54) is 32.1 Å². The molecule has 1 saturated heterocycles. The zero-order valence-corrected chi connectivity index (χ0v) is 26.8. The van der Waals surface area contributed by atoms with Crippen LogP contribution < -0.4 is 5.73 Å². The lowest BCUT2D eigenvalue weighted by molar-refractivity contribution is -0.161. The van der Waals surface area contributed by atoms with Crippen molar-refractivity contribution in [2.75, 3.05) is 6.54 Å². The lowest BCUT2D eigenvalue weighted by Gasteiger charge is -2.35. The van der Waals surface area contributed by atoms with Crippen LogP contribution in [0, 0.1) is 40.4 Å². The van der Waals surface area contributed by atoms with Crippen LogP contribution in [0.4, 0.5) is 0 Å². The highest BCUT2D eigenvalue weighted by molar-refractivity contribution is 6.36.